The highest BCUT2D eigenvalue weighted by molar-refractivity contribution is 5.80. The molecule has 26 heavy (non-hydrogen) atoms. The van der Waals surface area contributed by atoms with E-state index in [0.29, 0.717) is 11.1 Å². The maximum Gasteiger partial charge on any atom is 0.308 e. The Bertz CT molecular complexity index is 911. The molecule has 0 bridgehead atoms. The van der Waals surface area contributed by atoms with E-state index in [1.807, 2.05) is 30.3 Å². The van der Waals surface area contributed by atoms with Gasteiger partial charge in [0.15, 0.2) is 0 Å². The maximum atomic E-state index is 12.4. The number of rotatable bonds is 4. The highest BCUT2D eigenvalue weighted by Crippen LogP contribution is 2.33. The van der Waals surface area contributed by atoms with Crippen molar-refractivity contribution in [3.63, 3.8) is 0 Å². The molecule has 2 aromatic rings. The van der Waals surface area contributed by atoms with Crippen molar-refractivity contribution in [2.45, 2.75) is 26.0 Å². The molecule has 1 atom stereocenters. The van der Waals surface area contributed by atoms with Gasteiger partial charge in [-0.25, -0.2) is 0 Å². The summed E-state index contributed by atoms with van der Waals surface area (Å²) >= 11 is 0. The maximum absolute atomic E-state index is 12.4. The van der Waals surface area contributed by atoms with Gasteiger partial charge in [0, 0.05) is 18.7 Å². The standard InChI is InChI=1S/C21H18N2O3/c1-15(24)23-11-10-16-6-4-5-9-19(16)20(23)12-21(25)26-14-18-8-3-2-7-17(18)13-22/h2-11,20H,12,14H2,1H3/t20-/m0/s1. The van der Waals surface area contributed by atoms with Gasteiger partial charge < -0.3 is 9.64 Å². The van der Waals surface area contributed by atoms with Crippen LogP contribution >= 0.6 is 0 Å². The molecule has 0 spiro atoms. The Morgan fingerprint density at radius 3 is 2.65 bits per heavy atom. The molecule has 0 N–H and O–H groups in total. The summed E-state index contributed by atoms with van der Waals surface area (Å²) in [5, 5.41) is 9.11. The first-order valence-corrected chi connectivity index (χ1v) is 8.30. The molecule has 0 aliphatic carbocycles. The zero-order chi connectivity index (χ0) is 18.5. The van der Waals surface area contributed by atoms with Crippen molar-refractivity contribution >= 4 is 18.0 Å². The molecule has 2 aromatic carbocycles. The van der Waals surface area contributed by atoms with Gasteiger partial charge in [0.1, 0.15) is 6.61 Å². The molecule has 0 saturated carbocycles. The molecular formula is C21H18N2O3. The van der Waals surface area contributed by atoms with E-state index in [-0.39, 0.29) is 18.9 Å². The lowest BCUT2D eigenvalue weighted by atomic mass is 9.94. The SMILES string of the molecule is CC(=O)N1C=Cc2ccccc2[C@@H]1CC(=O)OCc1ccccc1C#N. The van der Waals surface area contributed by atoms with Crippen LogP contribution in [0, 0.1) is 11.3 Å². The van der Waals surface area contributed by atoms with Crippen molar-refractivity contribution in [3.05, 3.63) is 77.0 Å². The first-order valence-electron chi connectivity index (χ1n) is 8.30. The normalized spacial score (nSPS) is 15.1. The predicted molar refractivity (Wildman–Crippen MR) is 96.3 cm³/mol. The lowest BCUT2D eigenvalue weighted by Gasteiger charge is -2.32. The van der Waals surface area contributed by atoms with Gasteiger partial charge in [-0.2, -0.15) is 5.26 Å². The fourth-order valence-electron chi connectivity index (χ4n) is 3.04. The molecule has 1 aliphatic rings. The number of hydrogen-bond acceptors (Lipinski definition) is 4. The molecule has 0 unspecified atom stereocenters. The molecule has 5 heteroatoms. The summed E-state index contributed by atoms with van der Waals surface area (Å²) in [4.78, 5) is 25.9. The second kappa shape index (κ2) is 7.66. The van der Waals surface area contributed by atoms with Crippen molar-refractivity contribution in [3.8, 4) is 6.07 Å². The average Bonchev–Trinajstić information content (AvgIpc) is 2.66. The molecule has 5 nitrogen and oxygen atoms in total. The number of carbonyl (C=O) groups is 2. The molecular weight excluding hydrogens is 328 g/mol. The molecule has 1 amide bonds. The first-order chi connectivity index (χ1) is 12.6. The van der Waals surface area contributed by atoms with Crippen LogP contribution < -0.4 is 0 Å². The zero-order valence-electron chi connectivity index (χ0n) is 14.4. The first kappa shape index (κ1) is 17.4. The topological polar surface area (TPSA) is 70.4 Å². The van der Waals surface area contributed by atoms with Gasteiger partial charge in [-0.3, -0.25) is 9.59 Å². The Hall–Kier alpha value is -3.39. The summed E-state index contributed by atoms with van der Waals surface area (Å²) < 4.78 is 5.36. The minimum atomic E-state index is -0.418. The van der Waals surface area contributed by atoms with E-state index < -0.39 is 12.0 Å². The number of amides is 1. The summed E-state index contributed by atoms with van der Waals surface area (Å²) in [5.74, 6) is -0.553. The summed E-state index contributed by atoms with van der Waals surface area (Å²) in [6.45, 7) is 1.51. The number of hydrogen-bond donors (Lipinski definition) is 0. The van der Waals surface area contributed by atoms with Crippen LogP contribution in [0.2, 0.25) is 0 Å². The Balaban J connectivity index is 1.74. The Morgan fingerprint density at radius 1 is 1.15 bits per heavy atom. The Morgan fingerprint density at radius 2 is 1.88 bits per heavy atom. The summed E-state index contributed by atoms with van der Waals surface area (Å²) in [6, 6.07) is 16.4. The number of fused-ring (bicyclic) bond motifs is 1. The van der Waals surface area contributed by atoms with Crippen LogP contribution in [0.3, 0.4) is 0 Å². The molecule has 1 aliphatic heterocycles. The number of ether oxygens (including phenoxy) is 1. The van der Waals surface area contributed by atoms with E-state index in [9.17, 15) is 9.59 Å². The van der Waals surface area contributed by atoms with Crippen molar-refractivity contribution in [2.24, 2.45) is 0 Å². The molecule has 3 rings (SSSR count). The van der Waals surface area contributed by atoms with Gasteiger partial charge in [0.25, 0.3) is 0 Å². The fraction of sp³-hybridized carbons (Fsp3) is 0.190. The minimum absolute atomic E-state index is 0.0346. The molecule has 0 radical (unpaired) electrons. The summed E-state index contributed by atoms with van der Waals surface area (Å²) in [7, 11) is 0. The highest BCUT2D eigenvalue weighted by atomic mass is 16.5. The van der Waals surface area contributed by atoms with Gasteiger partial charge in [-0.15, -0.1) is 0 Å². The monoisotopic (exact) mass is 346 g/mol. The minimum Gasteiger partial charge on any atom is -0.461 e. The van der Waals surface area contributed by atoms with Crippen molar-refractivity contribution in [1.82, 2.24) is 4.90 Å². The van der Waals surface area contributed by atoms with E-state index in [2.05, 4.69) is 6.07 Å². The van der Waals surface area contributed by atoms with E-state index in [0.717, 1.165) is 11.1 Å². The van der Waals surface area contributed by atoms with Crippen LogP contribution in [-0.2, 0) is 20.9 Å². The highest BCUT2D eigenvalue weighted by Gasteiger charge is 2.28. The molecule has 1 heterocycles. The van der Waals surface area contributed by atoms with Crippen LogP contribution in [0.5, 0.6) is 0 Å². The Labute approximate surface area is 152 Å². The summed E-state index contributed by atoms with van der Waals surface area (Å²) in [6.07, 6.45) is 3.62. The van der Waals surface area contributed by atoms with Gasteiger partial charge in [-0.1, -0.05) is 42.5 Å². The quantitative estimate of drug-likeness (QED) is 0.794. The largest absolute Gasteiger partial charge is 0.461 e. The summed E-state index contributed by atoms with van der Waals surface area (Å²) in [5.41, 5.74) is 3.05. The smallest absolute Gasteiger partial charge is 0.308 e. The molecule has 0 aromatic heterocycles. The van der Waals surface area contributed by atoms with Crippen molar-refractivity contribution in [2.75, 3.05) is 0 Å². The fourth-order valence-corrected chi connectivity index (χ4v) is 3.04. The number of nitriles is 1. The van der Waals surface area contributed by atoms with E-state index >= 15 is 0 Å². The molecule has 0 fully saturated rings. The molecule has 130 valence electrons. The average molecular weight is 346 g/mol. The van der Waals surface area contributed by atoms with E-state index in [4.69, 9.17) is 10.00 Å². The predicted octanol–water partition coefficient (Wildman–Crippen LogP) is 3.57. The zero-order valence-corrected chi connectivity index (χ0v) is 14.4. The van der Waals surface area contributed by atoms with Crippen LogP contribution in [0.1, 0.15) is 41.6 Å². The number of carbonyl (C=O) groups excluding carboxylic acids is 2. The third-order valence-corrected chi connectivity index (χ3v) is 4.36. The number of esters is 1. The van der Waals surface area contributed by atoms with Gasteiger partial charge in [-0.05, 0) is 23.3 Å². The van der Waals surface area contributed by atoms with Crippen molar-refractivity contribution in [1.29, 1.82) is 5.26 Å². The number of nitrogens with zero attached hydrogens (tertiary/aromatic N) is 2. The van der Waals surface area contributed by atoms with Gasteiger partial charge in [0.2, 0.25) is 5.91 Å². The van der Waals surface area contributed by atoms with Crippen LogP contribution in [0.15, 0.2) is 54.7 Å². The second-order valence-electron chi connectivity index (χ2n) is 6.02. The Kier molecular flexibility index (Phi) is 5.14. The van der Waals surface area contributed by atoms with Crippen LogP contribution in [0.25, 0.3) is 6.08 Å². The van der Waals surface area contributed by atoms with Crippen LogP contribution in [-0.4, -0.2) is 16.8 Å². The second-order valence-corrected chi connectivity index (χ2v) is 6.02. The third kappa shape index (κ3) is 3.65. The van der Waals surface area contributed by atoms with Crippen molar-refractivity contribution < 1.29 is 14.3 Å². The van der Waals surface area contributed by atoms with Gasteiger partial charge in [0.05, 0.1) is 24.1 Å². The number of benzene rings is 2. The lowest BCUT2D eigenvalue weighted by molar-refractivity contribution is -0.146. The lowest BCUT2D eigenvalue weighted by Crippen LogP contribution is -2.32. The van der Waals surface area contributed by atoms with E-state index in [1.54, 1.807) is 35.4 Å². The third-order valence-electron chi connectivity index (χ3n) is 4.36. The van der Waals surface area contributed by atoms with Gasteiger partial charge >= 0.3 is 5.97 Å². The molecule has 0 saturated heterocycles. The van der Waals surface area contributed by atoms with E-state index in [1.165, 1.54) is 6.92 Å². The van der Waals surface area contributed by atoms with Crippen LogP contribution in [0.4, 0.5) is 0 Å².